The van der Waals surface area contributed by atoms with E-state index in [0.717, 1.165) is 25.7 Å². The highest BCUT2D eigenvalue weighted by molar-refractivity contribution is 5.87. The van der Waals surface area contributed by atoms with E-state index in [4.69, 9.17) is 11.5 Å². The summed E-state index contributed by atoms with van der Waals surface area (Å²) in [6.45, 7) is 4.13. The van der Waals surface area contributed by atoms with Crippen molar-refractivity contribution in [2.45, 2.75) is 77.3 Å². The van der Waals surface area contributed by atoms with Crippen LogP contribution in [-0.2, 0) is 9.59 Å². The Morgan fingerprint density at radius 2 is 1.68 bits per heavy atom. The minimum absolute atomic E-state index is 0.133. The molecular weight excluding hydrogens is 242 g/mol. The Hall–Kier alpha value is -1.10. The second kappa shape index (κ2) is 10.8. The van der Waals surface area contributed by atoms with Gasteiger partial charge in [-0.1, -0.05) is 46.0 Å². The van der Waals surface area contributed by atoms with Crippen molar-refractivity contribution in [2.24, 2.45) is 11.5 Å². The van der Waals surface area contributed by atoms with E-state index in [1.807, 2.05) is 6.92 Å². The van der Waals surface area contributed by atoms with Crippen molar-refractivity contribution < 1.29 is 9.59 Å². The fraction of sp³-hybridized carbons (Fsp3) is 0.857. The van der Waals surface area contributed by atoms with Crippen LogP contribution in [0.15, 0.2) is 0 Å². The third-order valence-electron chi connectivity index (χ3n) is 3.18. The summed E-state index contributed by atoms with van der Waals surface area (Å²) in [5.74, 6) is -0.688. The summed E-state index contributed by atoms with van der Waals surface area (Å²) in [7, 11) is 0. The molecule has 5 nitrogen and oxygen atoms in total. The molecule has 2 unspecified atom stereocenters. The van der Waals surface area contributed by atoms with E-state index in [1.165, 1.54) is 12.8 Å². The van der Waals surface area contributed by atoms with E-state index in [0.29, 0.717) is 12.8 Å². The van der Waals surface area contributed by atoms with E-state index in [1.54, 1.807) is 0 Å². The number of rotatable bonds is 11. The third-order valence-corrected chi connectivity index (χ3v) is 3.18. The summed E-state index contributed by atoms with van der Waals surface area (Å²) < 4.78 is 0. The average molecular weight is 271 g/mol. The highest BCUT2D eigenvalue weighted by Gasteiger charge is 2.24. The molecule has 0 fully saturated rings. The molecule has 2 atom stereocenters. The Balaban J connectivity index is 4.00. The number of carbonyl (C=O) groups is 2. The van der Waals surface area contributed by atoms with Gasteiger partial charge in [0, 0.05) is 12.5 Å². The fourth-order valence-electron chi connectivity index (χ4n) is 2.02. The molecule has 0 aromatic rings. The van der Waals surface area contributed by atoms with Crippen LogP contribution in [0.4, 0.5) is 0 Å². The van der Waals surface area contributed by atoms with Gasteiger partial charge in [-0.25, -0.2) is 0 Å². The van der Waals surface area contributed by atoms with Gasteiger partial charge in [-0.15, -0.1) is 0 Å². The smallest absolute Gasteiger partial charge is 0.241 e. The molecule has 0 aromatic carbocycles. The Morgan fingerprint density at radius 3 is 2.21 bits per heavy atom. The molecule has 0 radical (unpaired) electrons. The van der Waals surface area contributed by atoms with Gasteiger partial charge in [0.05, 0.1) is 0 Å². The van der Waals surface area contributed by atoms with Crippen molar-refractivity contribution in [1.82, 2.24) is 5.32 Å². The predicted molar refractivity (Wildman–Crippen MR) is 77.4 cm³/mol. The second-order valence-corrected chi connectivity index (χ2v) is 5.06. The number of amides is 2. The quantitative estimate of drug-likeness (QED) is 0.496. The normalized spacial score (nSPS) is 13.8. The van der Waals surface area contributed by atoms with Crippen LogP contribution in [0.5, 0.6) is 0 Å². The lowest BCUT2D eigenvalue weighted by Crippen LogP contribution is -2.54. The van der Waals surface area contributed by atoms with Crippen molar-refractivity contribution in [3.8, 4) is 0 Å². The Morgan fingerprint density at radius 1 is 1.05 bits per heavy atom. The van der Waals surface area contributed by atoms with Crippen molar-refractivity contribution in [2.75, 3.05) is 0 Å². The van der Waals surface area contributed by atoms with Gasteiger partial charge in [0.15, 0.2) is 0 Å². The van der Waals surface area contributed by atoms with Gasteiger partial charge < -0.3 is 16.8 Å². The molecule has 0 aliphatic rings. The van der Waals surface area contributed by atoms with Gasteiger partial charge in [-0.2, -0.15) is 0 Å². The van der Waals surface area contributed by atoms with E-state index in [9.17, 15) is 9.59 Å². The molecule has 112 valence electrons. The summed E-state index contributed by atoms with van der Waals surface area (Å²) in [5, 5.41) is 2.65. The molecule has 5 N–H and O–H groups in total. The third kappa shape index (κ3) is 8.59. The molecule has 0 saturated carbocycles. The number of nitrogens with two attached hydrogens (primary N) is 2. The molecule has 2 amide bonds. The summed E-state index contributed by atoms with van der Waals surface area (Å²) in [6.07, 6.45) is 7.39. The lowest BCUT2D eigenvalue weighted by molar-refractivity contribution is -0.127. The zero-order valence-electron chi connectivity index (χ0n) is 12.3. The first-order valence-electron chi connectivity index (χ1n) is 7.37. The molecule has 0 heterocycles. The first-order valence-corrected chi connectivity index (χ1v) is 7.37. The van der Waals surface area contributed by atoms with Crippen LogP contribution in [0.2, 0.25) is 0 Å². The molecule has 0 rings (SSSR count). The van der Waals surface area contributed by atoms with Crippen LogP contribution < -0.4 is 16.8 Å². The standard InChI is InChI=1S/C14H29N3O2/c1-3-5-6-7-8-10-12(18)17-13(14(16)19)11(15)9-4-2/h11,13H,3-10,15H2,1-2H3,(H2,16,19)(H,17,18). The lowest BCUT2D eigenvalue weighted by Gasteiger charge is -2.21. The van der Waals surface area contributed by atoms with E-state index >= 15 is 0 Å². The van der Waals surface area contributed by atoms with E-state index in [2.05, 4.69) is 12.2 Å². The predicted octanol–water partition coefficient (Wildman–Crippen LogP) is 1.44. The summed E-state index contributed by atoms with van der Waals surface area (Å²) in [4.78, 5) is 23.0. The van der Waals surface area contributed by atoms with Gasteiger partial charge in [0.1, 0.15) is 6.04 Å². The van der Waals surface area contributed by atoms with Crippen LogP contribution in [0.1, 0.15) is 65.2 Å². The van der Waals surface area contributed by atoms with E-state index < -0.39 is 18.0 Å². The van der Waals surface area contributed by atoms with Gasteiger partial charge in [0.25, 0.3) is 0 Å². The molecule has 0 aromatic heterocycles. The summed E-state index contributed by atoms with van der Waals surface area (Å²) >= 11 is 0. The van der Waals surface area contributed by atoms with Gasteiger partial charge >= 0.3 is 0 Å². The van der Waals surface area contributed by atoms with Crippen molar-refractivity contribution in [3.05, 3.63) is 0 Å². The number of unbranched alkanes of at least 4 members (excludes halogenated alkanes) is 4. The van der Waals surface area contributed by atoms with E-state index in [-0.39, 0.29) is 5.91 Å². The minimum atomic E-state index is -0.747. The number of primary amides is 1. The first-order chi connectivity index (χ1) is 9.02. The Labute approximate surface area is 116 Å². The molecule has 0 bridgehead atoms. The lowest BCUT2D eigenvalue weighted by atomic mass is 10.0. The van der Waals surface area contributed by atoms with Gasteiger partial charge in [0.2, 0.25) is 11.8 Å². The minimum Gasteiger partial charge on any atom is -0.368 e. The molecular formula is C14H29N3O2. The summed E-state index contributed by atoms with van der Waals surface area (Å²) in [6, 6.07) is -1.14. The highest BCUT2D eigenvalue weighted by Crippen LogP contribution is 2.06. The Kier molecular flexibility index (Phi) is 10.2. The second-order valence-electron chi connectivity index (χ2n) is 5.06. The maximum atomic E-state index is 11.7. The number of hydrogen-bond donors (Lipinski definition) is 3. The maximum Gasteiger partial charge on any atom is 0.241 e. The van der Waals surface area contributed by atoms with Crippen molar-refractivity contribution >= 4 is 11.8 Å². The number of carbonyl (C=O) groups excluding carboxylic acids is 2. The molecule has 19 heavy (non-hydrogen) atoms. The largest absolute Gasteiger partial charge is 0.368 e. The monoisotopic (exact) mass is 271 g/mol. The van der Waals surface area contributed by atoms with Gasteiger partial charge in [-0.05, 0) is 12.8 Å². The zero-order chi connectivity index (χ0) is 14.7. The molecule has 0 spiro atoms. The van der Waals surface area contributed by atoms with Crippen molar-refractivity contribution in [3.63, 3.8) is 0 Å². The van der Waals surface area contributed by atoms with Crippen LogP contribution in [-0.4, -0.2) is 23.9 Å². The van der Waals surface area contributed by atoms with Crippen LogP contribution >= 0.6 is 0 Å². The summed E-state index contributed by atoms with van der Waals surface area (Å²) in [5.41, 5.74) is 11.1. The SMILES string of the molecule is CCCCCCCC(=O)NC(C(N)=O)C(N)CCC. The first kappa shape index (κ1) is 17.9. The molecule has 0 aliphatic heterocycles. The van der Waals surface area contributed by atoms with Crippen molar-refractivity contribution in [1.29, 1.82) is 0 Å². The zero-order valence-corrected chi connectivity index (χ0v) is 12.3. The maximum absolute atomic E-state index is 11.7. The van der Waals surface area contributed by atoms with Crippen LogP contribution in [0.3, 0.4) is 0 Å². The highest BCUT2D eigenvalue weighted by atomic mass is 16.2. The molecule has 0 saturated heterocycles. The fourth-order valence-corrected chi connectivity index (χ4v) is 2.02. The average Bonchev–Trinajstić information content (AvgIpc) is 2.35. The molecule has 5 heteroatoms. The Bertz CT molecular complexity index is 269. The van der Waals surface area contributed by atoms with Gasteiger partial charge in [-0.3, -0.25) is 9.59 Å². The topological polar surface area (TPSA) is 98.2 Å². The van der Waals surface area contributed by atoms with Crippen LogP contribution in [0, 0.1) is 0 Å². The number of nitrogens with one attached hydrogen (secondary N) is 1. The number of hydrogen-bond acceptors (Lipinski definition) is 3. The molecule has 0 aliphatic carbocycles. The van der Waals surface area contributed by atoms with Crippen LogP contribution in [0.25, 0.3) is 0 Å².